The number of hydrogen-bond acceptors (Lipinski definition) is 4. The summed E-state index contributed by atoms with van der Waals surface area (Å²) in [4.78, 5) is 11.3. The van der Waals surface area contributed by atoms with Gasteiger partial charge in [-0.15, -0.1) is 13.2 Å². The Bertz CT molecular complexity index is 317. The molecule has 0 saturated heterocycles. The molecule has 0 aliphatic heterocycles. The van der Waals surface area contributed by atoms with Crippen LogP contribution in [-0.2, 0) is 18.4 Å². The van der Waals surface area contributed by atoms with E-state index in [1.807, 2.05) is 0 Å². The summed E-state index contributed by atoms with van der Waals surface area (Å²) in [5.41, 5.74) is 0. The summed E-state index contributed by atoms with van der Waals surface area (Å²) in [5, 5.41) is 2.65. The number of hydrogen-bond donors (Lipinski definition) is 1. The van der Waals surface area contributed by atoms with Gasteiger partial charge < -0.3 is 14.4 Å². The molecule has 104 valence electrons. The van der Waals surface area contributed by atoms with Gasteiger partial charge >= 0.3 is 7.60 Å². The maximum atomic E-state index is 12.1. The summed E-state index contributed by atoms with van der Waals surface area (Å²) in [6.45, 7) is 9.68. The van der Waals surface area contributed by atoms with E-state index in [9.17, 15) is 9.36 Å². The van der Waals surface area contributed by atoms with Crippen LogP contribution in [0.5, 0.6) is 0 Å². The fourth-order valence-corrected chi connectivity index (χ4v) is 2.84. The summed E-state index contributed by atoms with van der Waals surface area (Å²) >= 11 is 0. The monoisotopic (exact) mass is 275 g/mol. The average molecular weight is 275 g/mol. The second-order valence-corrected chi connectivity index (χ2v) is 5.72. The van der Waals surface area contributed by atoms with Crippen LogP contribution in [0, 0.1) is 0 Å². The lowest BCUT2D eigenvalue weighted by Crippen LogP contribution is -2.23. The summed E-state index contributed by atoms with van der Waals surface area (Å²) in [5.74, 6) is -0.0957. The van der Waals surface area contributed by atoms with Gasteiger partial charge in [0.25, 0.3) is 0 Å². The zero-order chi connectivity index (χ0) is 13.9. The van der Waals surface area contributed by atoms with Crippen LogP contribution in [0.2, 0.25) is 0 Å². The van der Waals surface area contributed by atoms with E-state index in [0.29, 0.717) is 26.0 Å². The Balaban J connectivity index is 4.02. The highest BCUT2D eigenvalue weighted by molar-refractivity contribution is 7.53. The largest absolute Gasteiger partial charge is 0.353 e. The Hall–Kier alpha value is -0.900. The van der Waals surface area contributed by atoms with Gasteiger partial charge in [0.15, 0.2) is 0 Å². The molecule has 6 heteroatoms. The van der Waals surface area contributed by atoms with E-state index in [-0.39, 0.29) is 18.7 Å². The van der Waals surface area contributed by atoms with Crippen LogP contribution in [0.1, 0.15) is 19.8 Å². The van der Waals surface area contributed by atoms with Crippen molar-refractivity contribution < 1.29 is 18.4 Å². The fourth-order valence-electron chi connectivity index (χ4n) is 1.24. The predicted molar refractivity (Wildman–Crippen MR) is 72.7 cm³/mol. The standard InChI is InChI=1S/C12H22NO4P/c1-4-9-13-12(14)8-7-11-18(15,16-6-3)17-10-5-2/h4-5H,1-2,6-11H2,3H3,(H,13,14). The molecule has 0 spiro atoms. The number of carbonyl (C=O) groups is 1. The maximum absolute atomic E-state index is 12.1. The summed E-state index contributed by atoms with van der Waals surface area (Å²) in [6, 6.07) is 0. The first kappa shape index (κ1) is 17.1. The maximum Gasteiger partial charge on any atom is 0.330 e. The van der Waals surface area contributed by atoms with Crippen molar-refractivity contribution in [1.82, 2.24) is 5.32 Å². The first-order valence-electron chi connectivity index (χ1n) is 5.94. The molecule has 0 saturated carbocycles. The zero-order valence-electron chi connectivity index (χ0n) is 10.9. The van der Waals surface area contributed by atoms with Gasteiger partial charge in [-0.2, -0.15) is 0 Å². The molecule has 5 nitrogen and oxygen atoms in total. The second-order valence-electron chi connectivity index (χ2n) is 3.53. The molecule has 0 radical (unpaired) electrons. The van der Waals surface area contributed by atoms with Gasteiger partial charge in [-0.3, -0.25) is 9.36 Å². The van der Waals surface area contributed by atoms with Gasteiger partial charge in [-0.25, -0.2) is 0 Å². The highest BCUT2D eigenvalue weighted by Crippen LogP contribution is 2.48. The Kier molecular flexibility index (Phi) is 9.56. The highest BCUT2D eigenvalue weighted by Gasteiger charge is 2.23. The van der Waals surface area contributed by atoms with E-state index < -0.39 is 7.60 Å². The highest BCUT2D eigenvalue weighted by atomic mass is 31.2. The van der Waals surface area contributed by atoms with E-state index >= 15 is 0 Å². The lowest BCUT2D eigenvalue weighted by Gasteiger charge is -2.16. The molecule has 18 heavy (non-hydrogen) atoms. The average Bonchev–Trinajstić information content (AvgIpc) is 2.34. The second kappa shape index (κ2) is 10.1. The molecule has 1 unspecified atom stereocenters. The predicted octanol–water partition coefficient (Wildman–Crippen LogP) is 2.50. The van der Waals surface area contributed by atoms with Gasteiger partial charge in [0.05, 0.1) is 19.4 Å². The smallest absolute Gasteiger partial charge is 0.330 e. The van der Waals surface area contributed by atoms with Crippen LogP contribution in [0.15, 0.2) is 25.3 Å². The van der Waals surface area contributed by atoms with E-state index in [1.54, 1.807) is 13.0 Å². The molecule has 0 bridgehead atoms. The van der Waals surface area contributed by atoms with Gasteiger partial charge in [-0.1, -0.05) is 12.2 Å². The molecule has 0 aliphatic rings. The van der Waals surface area contributed by atoms with Crippen LogP contribution >= 0.6 is 7.60 Å². The minimum absolute atomic E-state index is 0.0957. The Morgan fingerprint density at radius 2 is 2.06 bits per heavy atom. The Morgan fingerprint density at radius 1 is 1.33 bits per heavy atom. The van der Waals surface area contributed by atoms with Crippen LogP contribution < -0.4 is 5.32 Å². The minimum atomic E-state index is -3.09. The third-order valence-corrected chi connectivity index (χ3v) is 4.05. The van der Waals surface area contributed by atoms with E-state index in [2.05, 4.69) is 18.5 Å². The van der Waals surface area contributed by atoms with Gasteiger partial charge in [0.1, 0.15) is 0 Å². The zero-order valence-corrected chi connectivity index (χ0v) is 11.8. The van der Waals surface area contributed by atoms with Crippen LogP contribution in [0.4, 0.5) is 0 Å². The van der Waals surface area contributed by atoms with Crippen molar-refractivity contribution in [3.63, 3.8) is 0 Å². The van der Waals surface area contributed by atoms with Crippen molar-refractivity contribution in [2.24, 2.45) is 0 Å². The third kappa shape index (κ3) is 8.23. The Labute approximate surface area is 109 Å². The van der Waals surface area contributed by atoms with Crippen molar-refractivity contribution in [2.45, 2.75) is 19.8 Å². The molecule has 1 amide bonds. The van der Waals surface area contributed by atoms with Crippen LogP contribution in [-0.4, -0.2) is 31.8 Å². The Morgan fingerprint density at radius 3 is 2.61 bits per heavy atom. The molecule has 0 aromatic rings. The van der Waals surface area contributed by atoms with Crippen molar-refractivity contribution >= 4 is 13.5 Å². The van der Waals surface area contributed by atoms with Crippen molar-refractivity contribution in [1.29, 1.82) is 0 Å². The number of rotatable bonds is 11. The van der Waals surface area contributed by atoms with E-state index in [1.165, 1.54) is 6.08 Å². The summed E-state index contributed by atoms with van der Waals surface area (Å²) in [7, 11) is -3.09. The third-order valence-electron chi connectivity index (χ3n) is 1.99. The SMILES string of the molecule is C=CCNC(=O)CCCP(=O)(OCC)OCC=C. The minimum Gasteiger partial charge on any atom is -0.353 e. The summed E-state index contributed by atoms with van der Waals surface area (Å²) < 4.78 is 22.4. The van der Waals surface area contributed by atoms with Crippen molar-refractivity contribution in [2.75, 3.05) is 25.9 Å². The summed E-state index contributed by atoms with van der Waals surface area (Å²) in [6.07, 6.45) is 4.11. The molecule has 0 aromatic heterocycles. The van der Waals surface area contributed by atoms with Crippen LogP contribution in [0.3, 0.4) is 0 Å². The molecule has 0 aromatic carbocycles. The van der Waals surface area contributed by atoms with Crippen molar-refractivity contribution in [3.05, 3.63) is 25.3 Å². The number of amides is 1. The lowest BCUT2D eigenvalue weighted by atomic mass is 10.3. The normalized spacial score (nSPS) is 13.6. The van der Waals surface area contributed by atoms with Gasteiger partial charge in [-0.05, 0) is 13.3 Å². The molecule has 0 rings (SSSR count). The fraction of sp³-hybridized carbons (Fsp3) is 0.583. The van der Waals surface area contributed by atoms with E-state index in [0.717, 1.165) is 0 Å². The van der Waals surface area contributed by atoms with E-state index in [4.69, 9.17) is 9.05 Å². The van der Waals surface area contributed by atoms with Crippen LogP contribution in [0.25, 0.3) is 0 Å². The lowest BCUT2D eigenvalue weighted by molar-refractivity contribution is -0.120. The molecule has 0 fully saturated rings. The first-order valence-corrected chi connectivity index (χ1v) is 7.67. The number of carbonyl (C=O) groups excluding carboxylic acids is 1. The van der Waals surface area contributed by atoms with Gasteiger partial charge in [0, 0.05) is 13.0 Å². The molecule has 1 N–H and O–H groups in total. The molecule has 1 atom stereocenters. The quantitative estimate of drug-likeness (QED) is 0.465. The number of nitrogens with one attached hydrogen (secondary N) is 1. The van der Waals surface area contributed by atoms with Gasteiger partial charge in [0.2, 0.25) is 5.91 Å². The molecule has 0 aliphatic carbocycles. The molecular weight excluding hydrogens is 253 g/mol. The van der Waals surface area contributed by atoms with Crippen molar-refractivity contribution in [3.8, 4) is 0 Å². The molecule has 0 heterocycles. The molecular formula is C12H22NO4P. The topological polar surface area (TPSA) is 64.6 Å². The first-order chi connectivity index (χ1) is 8.58.